The van der Waals surface area contributed by atoms with E-state index in [1.54, 1.807) is 0 Å². The highest BCUT2D eigenvalue weighted by Crippen LogP contribution is 2.13. The zero-order chi connectivity index (χ0) is 12.6. The van der Waals surface area contributed by atoms with Crippen molar-refractivity contribution in [3.63, 3.8) is 0 Å². The standard InChI is InChI=1S/C13H31N3/c1-6-9-16(13(4,5)12-14)11-10-15(7-2)8-3/h6-12,14H2,1-5H3. The van der Waals surface area contributed by atoms with Crippen LogP contribution in [0, 0.1) is 0 Å². The first-order valence-electron chi connectivity index (χ1n) is 6.69. The van der Waals surface area contributed by atoms with E-state index in [9.17, 15) is 0 Å². The number of nitrogens with zero attached hydrogens (tertiary/aromatic N) is 2. The first kappa shape index (κ1) is 15.9. The summed E-state index contributed by atoms with van der Waals surface area (Å²) in [6, 6.07) is 0. The van der Waals surface area contributed by atoms with Crippen LogP contribution in [-0.4, -0.2) is 54.6 Å². The monoisotopic (exact) mass is 229 g/mol. The molecule has 0 fully saturated rings. The molecule has 0 aliphatic rings. The lowest BCUT2D eigenvalue weighted by Gasteiger charge is -2.38. The predicted octanol–water partition coefficient (Wildman–Crippen LogP) is 1.78. The molecule has 0 unspecified atom stereocenters. The maximum Gasteiger partial charge on any atom is 0.0275 e. The summed E-state index contributed by atoms with van der Waals surface area (Å²) in [6.07, 6.45) is 1.20. The minimum Gasteiger partial charge on any atom is -0.329 e. The van der Waals surface area contributed by atoms with Crippen LogP contribution in [0.5, 0.6) is 0 Å². The highest BCUT2D eigenvalue weighted by atomic mass is 15.2. The average molecular weight is 229 g/mol. The van der Waals surface area contributed by atoms with Crippen molar-refractivity contribution in [1.29, 1.82) is 0 Å². The predicted molar refractivity (Wildman–Crippen MR) is 72.8 cm³/mol. The van der Waals surface area contributed by atoms with E-state index in [-0.39, 0.29) is 5.54 Å². The van der Waals surface area contributed by atoms with Gasteiger partial charge in [0.05, 0.1) is 0 Å². The molecule has 0 aliphatic heterocycles. The second-order valence-corrected chi connectivity index (χ2v) is 5.03. The highest BCUT2D eigenvalue weighted by molar-refractivity contribution is 4.82. The maximum atomic E-state index is 5.85. The number of hydrogen-bond acceptors (Lipinski definition) is 3. The van der Waals surface area contributed by atoms with Crippen LogP contribution < -0.4 is 5.73 Å². The summed E-state index contributed by atoms with van der Waals surface area (Å²) in [5.74, 6) is 0. The van der Waals surface area contributed by atoms with E-state index in [1.807, 2.05) is 0 Å². The third kappa shape index (κ3) is 5.28. The Morgan fingerprint density at radius 2 is 1.50 bits per heavy atom. The number of likely N-dealkylation sites (N-methyl/N-ethyl adjacent to an activating group) is 1. The van der Waals surface area contributed by atoms with Crippen molar-refractivity contribution in [3.05, 3.63) is 0 Å². The normalized spacial score (nSPS) is 12.8. The number of nitrogens with two attached hydrogens (primary N) is 1. The summed E-state index contributed by atoms with van der Waals surface area (Å²) >= 11 is 0. The van der Waals surface area contributed by atoms with E-state index in [0.717, 1.165) is 39.3 Å². The van der Waals surface area contributed by atoms with Crippen molar-refractivity contribution in [1.82, 2.24) is 9.80 Å². The lowest BCUT2D eigenvalue weighted by Crippen LogP contribution is -2.52. The molecule has 0 spiro atoms. The Balaban J connectivity index is 4.23. The molecular formula is C13H31N3. The fourth-order valence-electron chi connectivity index (χ4n) is 1.92. The molecule has 0 amide bonds. The zero-order valence-corrected chi connectivity index (χ0v) is 11.9. The van der Waals surface area contributed by atoms with Crippen molar-refractivity contribution >= 4 is 0 Å². The fraction of sp³-hybridized carbons (Fsp3) is 1.00. The van der Waals surface area contributed by atoms with Crippen LogP contribution >= 0.6 is 0 Å². The molecule has 0 atom stereocenters. The van der Waals surface area contributed by atoms with Crippen LogP contribution in [-0.2, 0) is 0 Å². The maximum absolute atomic E-state index is 5.85. The van der Waals surface area contributed by atoms with Crippen LogP contribution in [0.25, 0.3) is 0 Å². The van der Waals surface area contributed by atoms with Gasteiger partial charge in [0.2, 0.25) is 0 Å². The SMILES string of the molecule is CCCN(CCN(CC)CC)C(C)(C)CN. The Hall–Kier alpha value is -0.120. The largest absolute Gasteiger partial charge is 0.329 e. The summed E-state index contributed by atoms with van der Waals surface area (Å²) in [5.41, 5.74) is 5.98. The van der Waals surface area contributed by atoms with Crippen molar-refractivity contribution < 1.29 is 0 Å². The molecule has 2 N–H and O–H groups in total. The zero-order valence-electron chi connectivity index (χ0n) is 11.9. The third-order valence-corrected chi connectivity index (χ3v) is 3.43. The van der Waals surface area contributed by atoms with Gasteiger partial charge in [-0.25, -0.2) is 0 Å². The summed E-state index contributed by atoms with van der Waals surface area (Å²) < 4.78 is 0. The molecule has 16 heavy (non-hydrogen) atoms. The van der Waals surface area contributed by atoms with Gasteiger partial charge < -0.3 is 10.6 Å². The fourth-order valence-corrected chi connectivity index (χ4v) is 1.92. The first-order chi connectivity index (χ1) is 7.51. The molecule has 0 saturated carbocycles. The molecule has 0 saturated heterocycles. The molecule has 0 rings (SSSR count). The van der Waals surface area contributed by atoms with Gasteiger partial charge in [-0.15, -0.1) is 0 Å². The van der Waals surface area contributed by atoms with E-state index in [2.05, 4.69) is 44.4 Å². The van der Waals surface area contributed by atoms with Crippen LogP contribution in [0.2, 0.25) is 0 Å². The lowest BCUT2D eigenvalue weighted by atomic mass is 10.0. The molecule has 98 valence electrons. The van der Waals surface area contributed by atoms with Crippen molar-refractivity contribution in [2.75, 3.05) is 39.3 Å². The molecule has 0 bridgehead atoms. The molecule has 3 heteroatoms. The summed E-state index contributed by atoms with van der Waals surface area (Å²) in [4.78, 5) is 4.99. The Labute approximate surface area is 102 Å². The Kier molecular flexibility index (Phi) is 7.98. The second-order valence-electron chi connectivity index (χ2n) is 5.03. The van der Waals surface area contributed by atoms with Gasteiger partial charge in [-0.1, -0.05) is 20.8 Å². The number of rotatable bonds is 9. The van der Waals surface area contributed by atoms with Crippen molar-refractivity contribution in [3.8, 4) is 0 Å². The van der Waals surface area contributed by atoms with Crippen LogP contribution in [0.4, 0.5) is 0 Å². The molecule has 0 aromatic carbocycles. The molecule has 0 aliphatic carbocycles. The van der Waals surface area contributed by atoms with E-state index in [0.29, 0.717) is 0 Å². The topological polar surface area (TPSA) is 32.5 Å². The molecule has 0 aromatic heterocycles. The molecule has 3 nitrogen and oxygen atoms in total. The first-order valence-corrected chi connectivity index (χ1v) is 6.69. The Bertz CT molecular complexity index is 165. The minimum absolute atomic E-state index is 0.128. The second kappa shape index (κ2) is 8.04. The van der Waals surface area contributed by atoms with Gasteiger partial charge in [0.25, 0.3) is 0 Å². The summed E-state index contributed by atoms with van der Waals surface area (Å²) in [5, 5.41) is 0. The van der Waals surface area contributed by atoms with Gasteiger partial charge in [0.15, 0.2) is 0 Å². The summed E-state index contributed by atoms with van der Waals surface area (Å²) in [7, 11) is 0. The van der Waals surface area contributed by atoms with Crippen molar-refractivity contribution in [2.45, 2.75) is 46.6 Å². The van der Waals surface area contributed by atoms with Crippen LogP contribution in [0.15, 0.2) is 0 Å². The van der Waals surface area contributed by atoms with Crippen LogP contribution in [0.3, 0.4) is 0 Å². The van der Waals surface area contributed by atoms with Gasteiger partial charge in [-0.2, -0.15) is 0 Å². The lowest BCUT2D eigenvalue weighted by molar-refractivity contribution is 0.109. The molecule has 0 radical (unpaired) electrons. The molecule has 0 aromatic rings. The minimum atomic E-state index is 0.128. The van der Waals surface area contributed by atoms with Gasteiger partial charge in [0.1, 0.15) is 0 Å². The smallest absolute Gasteiger partial charge is 0.0275 e. The Morgan fingerprint density at radius 3 is 1.88 bits per heavy atom. The third-order valence-electron chi connectivity index (χ3n) is 3.43. The molecular weight excluding hydrogens is 198 g/mol. The number of hydrogen-bond donors (Lipinski definition) is 1. The van der Waals surface area contributed by atoms with E-state index >= 15 is 0 Å². The van der Waals surface area contributed by atoms with Gasteiger partial charge >= 0.3 is 0 Å². The average Bonchev–Trinajstić information content (AvgIpc) is 2.28. The van der Waals surface area contributed by atoms with Gasteiger partial charge in [0, 0.05) is 25.2 Å². The molecule has 0 heterocycles. The van der Waals surface area contributed by atoms with E-state index < -0.39 is 0 Å². The van der Waals surface area contributed by atoms with Crippen LogP contribution in [0.1, 0.15) is 41.0 Å². The van der Waals surface area contributed by atoms with E-state index in [1.165, 1.54) is 6.42 Å². The van der Waals surface area contributed by atoms with Gasteiger partial charge in [-0.3, -0.25) is 4.90 Å². The van der Waals surface area contributed by atoms with E-state index in [4.69, 9.17) is 5.73 Å². The summed E-state index contributed by atoms with van der Waals surface area (Å²) in [6.45, 7) is 17.6. The highest BCUT2D eigenvalue weighted by Gasteiger charge is 2.24. The quantitative estimate of drug-likeness (QED) is 0.654. The Morgan fingerprint density at radius 1 is 0.938 bits per heavy atom. The van der Waals surface area contributed by atoms with Gasteiger partial charge in [-0.05, 0) is 39.9 Å². The van der Waals surface area contributed by atoms with Crippen molar-refractivity contribution in [2.24, 2.45) is 5.73 Å².